The van der Waals surface area contributed by atoms with E-state index < -0.39 is 0 Å². The Bertz CT molecular complexity index is 729. The van der Waals surface area contributed by atoms with Crippen molar-refractivity contribution in [3.05, 3.63) is 59.7 Å². The number of nitrogens with zero attached hydrogens (tertiary/aromatic N) is 1. The van der Waals surface area contributed by atoms with Gasteiger partial charge in [-0.05, 0) is 49.4 Å². The summed E-state index contributed by atoms with van der Waals surface area (Å²) in [5, 5.41) is 3.04. The largest absolute Gasteiger partial charge is 0.496 e. The fraction of sp³-hybridized carbons (Fsp3) is 0.381. The third-order valence-electron chi connectivity index (χ3n) is 4.89. The van der Waals surface area contributed by atoms with Crippen molar-refractivity contribution in [2.45, 2.75) is 32.2 Å². The van der Waals surface area contributed by atoms with Crippen molar-refractivity contribution in [2.75, 3.05) is 25.1 Å². The first-order valence-corrected chi connectivity index (χ1v) is 8.92. The van der Waals surface area contributed by atoms with Crippen LogP contribution in [-0.2, 0) is 17.6 Å². The van der Waals surface area contributed by atoms with E-state index in [0.717, 1.165) is 30.6 Å². The van der Waals surface area contributed by atoms with Crippen molar-refractivity contribution >= 4 is 11.6 Å². The number of rotatable bonds is 6. The van der Waals surface area contributed by atoms with Gasteiger partial charge >= 0.3 is 0 Å². The van der Waals surface area contributed by atoms with E-state index in [2.05, 4.69) is 35.3 Å². The van der Waals surface area contributed by atoms with Gasteiger partial charge in [0.15, 0.2) is 0 Å². The van der Waals surface area contributed by atoms with Crippen LogP contribution in [0.4, 0.5) is 5.69 Å². The number of nitrogens with one attached hydrogen (secondary N) is 1. The van der Waals surface area contributed by atoms with E-state index >= 15 is 0 Å². The minimum absolute atomic E-state index is 0.0680. The van der Waals surface area contributed by atoms with E-state index in [4.69, 9.17) is 4.74 Å². The Labute approximate surface area is 149 Å². The number of carbonyl (C=O) groups excluding carboxylic acids is 1. The Hall–Kier alpha value is -2.49. The number of aryl methyl sites for hydroxylation is 1. The van der Waals surface area contributed by atoms with Crippen molar-refractivity contribution in [1.29, 1.82) is 0 Å². The molecule has 0 aromatic heterocycles. The monoisotopic (exact) mass is 338 g/mol. The highest BCUT2D eigenvalue weighted by molar-refractivity contribution is 5.82. The lowest BCUT2D eigenvalue weighted by molar-refractivity contribution is -0.119. The second-order valence-electron chi connectivity index (χ2n) is 6.56. The van der Waals surface area contributed by atoms with E-state index in [1.807, 2.05) is 30.3 Å². The van der Waals surface area contributed by atoms with Crippen LogP contribution in [0, 0.1) is 0 Å². The Balaban J connectivity index is 1.56. The molecule has 0 saturated heterocycles. The summed E-state index contributed by atoms with van der Waals surface area (Å²) >= 11 is 0. The maximum absolute atomic E-state index is 12.4. The molecule has 132 valence electrons. The molecule has 1 heterocycles. The molecule has 25 heavy (non-hydrogen) atoms. The average Bonchev–Trinajstić information content (AvgIpc) is 2.64. The molecule has 0 unspecified atom stereocenters. The molecule has 0 saturated carbocycles. The number of amides is 1. The number of methoxy groups -OCH3 is 1. The molecule has 1 atom stereocenters. The molecule has 1 amide bonds. The van der Waals surface area contributed by atoms with Gasteiger partial charge in [0.05, 0.1) is 13.7 Å². The molecule has 2 aromatic carbocycles. The van der Waals surface area contributed by atoms with Crippen LogP contribution in [0.1, 0.15) is 24.5 Å². The van der Waals surface area contributed by atoms with Gasteiger partial charge in [0.25, 0.3) is 0 Å². The van der Waals surface area contributed by atoms with Crippen LogP contribution < -0.4 is 15.0 Å². The standard InChI is InChI=1S/C21H26N2O2/c1-16-11-12-17-7-3-5-9-19(17)23(16)15-21(24)22-14-13-18-8-4-6-10-20(18)25-2/h3-10,16H,11-15H2,1-2H3,(H,22,24)/t16-/m1/s1. The summed E-state index contributed by atoms with van der Waals surface area (Å²) in [5.74, 6) is 0.939. The van der Waals surface area contributed by atoms with E-state index in [1.165, 1.54) is 11.3 Å². The van der Waals surface area contributed by atoms with E-state index in [0.29, 0.717) is 19.1 Å². The van der Waals surface area contributed by atoms with Crippen molar-refractivity contribution in [2.24, 2.45) is 0 Å². The van der Waals surface area contributed by atoms with Gasteiger partial charge in [0.1, 0.15) is 5.75 Å². The van der Waals surface area contributed by atoms with Gasteiger partial charge in [-0.2, -0.15) is 0 Å². The third kappa shape index (κ3) is 4.13. The van der Waals surface area contributed by atoms with Gasteiger partial charge in [0, 0.05) is 18.3 Å². The average molecular weight is 338 g/mol. The predicted molar refractivity (Wildman–Crippen MR) is 101 cm³/mol. The summed E-state index contributed by atoms with van der Waals surface area (Å²) < 4.78 is 5.36. The predicted octanol–water partition coefficient (Wildman–Crippen LogP) is 3.20. The van der Waals surface area contributed by atoms with Crippen LogP contribution >= 0.6 is 0 Å². The number of ether oxygens (including phenoxy) is 1. The smallest absolute Gasteiger partial charge is 0.239 e. The lowest BCUT2D eigenvalue weighted by atomic mass is 9.96. The fourth-order valence-corrected chi connectivity index (χ4v) is 3.46. The number of anilines is 1. The van der Waals surface area contributed by atoms with Gasteiger partial charge in [-0.15, -0.1) is 0 Å². The Kier molecular flexibility index (Phi) is 5.59. The van der Waals surface area contributed by atoms with Gasteiger partial charge in [-0.1, -0.05) is 36.4 Å². The molecule has 0 spiro atoms. The third-order valence-corrected chi connectivity index (χ3v) is 4.89. The minimum Gasteiger partial charge on any atom is -0.496 e. The fourth-order valence-electron chi connectivity index (χ4n) is 3.46. The normalized spacial score (nSPS) is 16.2. The van der Waals surface area contributed by atoms with Crippen molar-refractivity contribution in [3.8, 4) is 5.75 Å². The highest BCUT2D eigenvalue weighted by atomic mass is 16.5. The second kappa shape index (κ2) is 8.06. The SMILES string of the molecule is COc1ccccc1CCNC(=O)CN1c2ccccc2CC[C@H]1C. The summed E-state index contributed by atoms with van der Waals surface area (Å²) in [6.07, 6.45) is 2.94. The number of fused-ring (bicyclic) bond motifs is 1. The van der Waals surface area contributed by atoms with Crippen molar-refractivity contribution in [1.82, 2.24) is 5.32 Å². The Morgan fingerprint density at radius 1 is 1.20 bits per heavy atom. The lowest BCUT2D eigenvalue weighted by Gasteiger charge is -2.36. The second-order valence-corrected chi connectivity index (χ2v) is 6.56. The van der Waals surface area contributed by atoms with Crippen LogP contribution in [0.5, 0.6) is 5.75 Å². The first-order valence-electron chi connectivity index (χ1n) is 8.92. The summed E-state index contributed by atoms with van der Waals surface area (Å²) in [7, 11) is 1.67. The molecule has 3 rings (SSSR count). The summed E-state index contributed by atoms with van der Waals surface area (Å²) in [6.45, 7) is 3.21. The molecule has 0 aliphatic carbocycles. The highest BCUT2D eigenvalue weighted by Gasteiger charge is 2.24. The van der Waals surface area contributed by atoms with Crippen molar-refractivity contribution in [3.63, 3.8) is 0 Å². The Morgan fingerprint density at radius 3 is 2.80 bits per heavy atom. The number of hydrogen-bond donors (Lipinski definition) is 1. The number of hydrogen-bond acceptors (Lipinski definition) is 3. The highest BCUT2D eigenvalue weighted by Crippen LogP contribution is 2.29. The van der Waals surface area contributed by atoms with Crippen LogP contribution in [0.25, 0.3) is 0 Å². The van der Waals surface area contributed by atoms with E-state index in [1.54, 1.807) is 7.11 Å². The van der Waals surface area contributed by atoms with E-state index in [9.17, 15) is 4.79 Å². The molecule has 1 aliphatic heterocycles. The number of carbonyl (C=O) groups is 1. The lowest BCUT2D eigenvalue weighted by Crippen LogP contribution is -2.44. The minimum atomic E-state index is 0.0680. The van der Waals surface area contributed by atoms with Gasteiger partial charge in [-0.3, -0.25) is 4.79 Å². The quantitative estimate of drug-likeness (QED) is 0.879. The van der Waals surface area contributed by atoms with Gasteiger partial charge in [-0.25, -0.2) is 0 Å². The topological polar surface area (TPSA) is 41.6 Å². The van der Waals surface area contributed by atoms with Gasteiger partial charge in [0.2, 0.25) is 5.91 Å². The van der Waals surface area contributed by atoms with Crippen molar-refractivity contribution < 1.29 is 9.53 Å². The van der Waals surface area contributed by atoms with Gasteiger partial charge < -0.3 is 15.0 Å². The van der Waals surface area contributed by atoms with Crippen LogP contribution in [0.3, 0.4) is 0 Å². The molecular formula is C21H26N2O2. The molecule has 1 aliphatic rings. The molecule has 0 radical (unpaired) electrons. The zero-order valence-electron chi connectivity index (χ0n) is 15.0. The van der Waals surface area contributed by atoms with E-state index in [-0.39, 0.29) is 5.91 Å². The maximum atomic E-state index is 12.4. The molecule has 0 fully saturated rings. The van der Waals surface area contributed by atoms with Crippen LogP contribution in [0.15, 0.2) is 48.5 Å². The summed E-state index contributed by atoms with van der Waals surface area (Å²) in [6, 6.07) is 16.7. The summed E-state index contributed by atoms with van der Waals surface area (Å²) in [4.78, 5) is 14.6. The molecule has 4 heteroatoms. The zero-order chi connectivity index (χ0) is 17.6. The van der Waals surface area contributed by atoms with Crippen LogP contribution in [0.2, 0.25) is 0 Å². The molecule has 2 aromatic rings. The first kappa shape index (κ1) is 17.3. The molecule has 1 N–H and O–H groups in total. The Morgan fingerprint density at radius 2 is 1.96 bits per heavy atom. The number of para-hydroxylation sites is 2. The molecular weight excluding hydrogens is 312 g/mol. The summed E-state index contributed by atoms with van der Waals surface area (Å²) in [5.41, 5.74) is 3.64. The number of benzene rings is 2. The molecule has 0 bridgehead atoms. The van der Waals surface area contributed by atoms with Crippen LogP contribution in [-0.4, -0.2) is 32.1 Å². The first-order chi connectivity index (χ1) is 12.2. The maximum Gasteiger partial charge on any atom is 0.239 e. The zero-order valence-corrected chi connectivity index (χ0v) is 15.0. The molecule has 4 nitrogen and oxygen atoms in total.